The molecule has 2 saturated carbocycles. The predicted molar refractivity (Wildman–Crippen MR) is 222 cm³/mol. The average Bonchev–Trinajstić information content (AvgIpc) is 3.85. The quantitative estimate of drug-likeness (QED) is 0.313. The van der Waals surface area contributed by atoms with E-state index in [9.17, 15) is 19.2 Å². The Hall–Kier alpha value is -5.48. The summed E-state index contributed by atoms with van der Waals surface area (Å²) in [7, 11) is 2.63. The Kier molecular flexibility index (Phi) is 10.5. The number of amides is 4. The summed E-state index contributed by atoms with van der Waals surface area (Å²) in [6.07, 6.45) is 9.06. The van der Waals surface area contributed by atoms with E-state index in [2.05, 4.69) is 52.8 Å². The number of hydrogen-bond donors (Lipinski definition) is 2. The molecular formula is C46H52N6O7. The van der Waals surface area contributed by atoms with Crippen LogP contribution in [0, 0.1) is 35.5 Å². The summed E-state index contributed by atoms with van der Waals surface area (Å²) in [5.41, 5.74) is 6.00. The van der Waals surface area contributed by atoms with E-state index in [0.717, 1.165) is 70.2 Å². The van der Waals surface area contributed by atoms with Crippen molar-refractivity contribution >= 4 is 51.8 Å². The molecule has 13 heteroatoms. The fraction of sp³-hybridized carbons (Fsp3) is 0.522. The molecule has 59 heavy (non-hydrogen) atoms. The zero-order valence-corrected chi connectivity index (χ0v) is 34.1. The van der Waals surface area contributed by atoms with E-state index < -0.39 is 24.3 Å². The predicted octanol–water partition coefficient (Wildman–Crippen LogP) is 5.62. The summed E-state index contributed by atoms with van der Waals surface area (Å²) in [5.74, 6) is 7.42. The van der Waals surface area contributed by atoms with Crippen molar-refractivity contribution in [1.29, 1.82) is 0 Å². The first kappa shape index (κ1) is 39.0. The van der Waals surface area contributed by atoms with Gasteiger partial charge in [-0.1, -0.05) is 43.9 Å². The highest BCUT2D eigenvalue weighted by atomic mass is 16.5. The third-order valence-corrected chi connectivity index (χ3v) is 13.4. The molecule has 5 fully saturated rings. The molecule has 308 valence electrons. The van der Waals surface area contributed by atoms with E-state index in [1.807, 2.05) is 42.1 Å². The van der Waals surface area contributed by atoms with E-state index in [1.54, 1.807) is 0 Å². The molecule has 2 N–H and O–H groups in total. The van der Waals surface area contributed by atoms with Gasteiger partial charge in [0.25, 0.3) is 0 Å². The van der Waals surface area contributed by atoms with E-state index in [4.69, 9.17) is 24.2 Å². The summed E-state index contributed by atoms with van der Waals surface area (Å²) in [6.45, 7) is 5.01. The van der Waals surface area contributed by atoms with E-state index >= 15 is 0 Å². The van der Waals surface area contributed by atoms with Crippen molar-refractivity contribution in [2.75, 3.05) is 27.4 Å². The van der Waals surface area contributed by atoms with Gasteiger partial charge in [-0.3, -0.25) is 19.6 Å². The van der Waals surface area contributed by atoms with Crippen LogP contribution in [0.1, 0.15) is 76.3 Å². The zero-order valence-electron chi connectivity index (χ0n) is 34.1. The minimum atomic E-state index is -0.659. The number of aliphatic imine (C=N–C) groups is 2. The second kappa shape index (κ2) is 15.9. The van der Waals surface area contributed by atoms with Crippen LogP contribution < -0.4 is 10.6 Å². The maximum atomic E-state index is 14.2. The van der Waals surface area contributed by atoms with Crippen LogP contribution >= 0.6 is 0 Å². The molecule has 2 aromatic rings. The van der Waals surface area contributed by atoms with Gasteiger partial charge in [0.05, 0.1) is 26.3 Å². The van der Waals surface area contributed by atoms with Crippen LogP contribution in [0.4, 0.5) is 9.59 Å². The lowest BCUT2D eigenvalue weighted by molar-refractivity contribution is -0.136. The molecule has 8 atom stereocenters. The number of methoxy groups -OCH3 is 2. The van der Waals surface area contributed by atoms with Crippen molar-refractivity contribution in [2.45, 2.75) is 101 Å². The number of nitrogens with one attached hydrogen (secondary N) is 2. The Morgan fingerprint density at radius 1 is 0.763 bits per heavy atom. The Morgan fingerprint density at radius 3 is 2.08 bits per heavy atom. The van der Waals surface area contributed by atoms with Gasteiger partial charge in [0.2, 0.25) is 11.8 Å². The monoisotopic (exact) mass is 800 g/mol. The summed E-state index contributed by atoms with van der Waals surface area (Å²) < 4.78 is 15.3. The molecule has 3 saturated heterocycles. The number of fused-ring (bicyclic) bond motifs is 3. The van der Waals surface area contributed by atoms with Crippen molar-refractivity contribution in [3.05, 3.63) is 65.5 Å². The number of carbonyl (C=O) groups excluding carboxylic acids is 4. The zero-order chi connectivity index (χ0) is 40.9. The SMILES string of the molecule is COC(=O)N[C@H](C(=O)N1[C@@H]2C[C@@H]2C[C@H]1C1=NC=C(C#Cc2ccc3cc(C4=CN=C([C@@H]5C[C@H]6C[C@H]6N5C(=O)[C@@H](NC(=O)OC)C5CCOCC5)C4)ccc3c2)C1)C(C)C. The van der Waals surface area contributed by atoms with Crippen molar-refractivity contribution in [3.63, 3.8) is 0 Å². The molecule has 5 aliphatic heterocycles. The second-order valence-electron chi connectivity index (χ2n) is 17.5. The number of allylic oxidation sites excluding steroid dienone is 2. The molecule has 4 amide bonds. The lowest BCUT2D eigenvalue weighted by Crippen LogP contribution is -2.56. The number of ether oxygens (including phenoxy) is 3. The van der Waals surface area contributed by atoms with Gasteiger partial charge in [-0.15, -0.1) is 0 Å². The Morgan fingerprint density at radius 2 is 1.39 bits per heavy atom. The molecule has 7 aliphatic rings. The normalized spacial score (nSPS) is 27.7. The molecule has 0 radical (unpaired) electrons. The maximum Gasteiger partial charge on any atom is 0.407 e. The highest BCUT2D eigenvalue weighted by molar-refractivity contribution is 6.05. The number of nitrogens with zero attached hydrogens (tertiary/aromatic N) is 4. The molecule has 0 bridgehead atoms. The van der Waals surface area contributed by atoms with Crippen LogP contribution in [0.5, 0.6) is 0 Å². The van der Waals surface area contributed by atoms with Gasteiger partial charge in [0.15, 0.2) is 0 Å². The first-order valence-electron chi connectivity index (χ1n) is 21.1. The average molecular weight is 801 g/mol. The molecule has 13 nitrogen and oxygen atoms in total. The van der Waals surface area contributed by atoms with Crippen LogP contribution in [-0.4, -0.2) is 109 Å². The lowest BCUT2D eigenvalue weighted by Gasteiger charge is -2.36. The van der Waals surface area contributed by atoms with Crippen LogP contribution in [-0.2, 0) is 23.8 Å². The molecule has 2 aromatic carbocycles. The van der Waals surface area contributed by atoms with E-state index in [1.165, 1.54) is 14.2 Å². The fourth-order valence-electron chi connectivity index (χ4n) is 10.0. The topological polar surface area (TPSA) is 151 Å². The summed E-state index contributed by atoms with van der Waals surface area (Å²) in [5, 5.41) is 7.80. The van der Waals surface area contributed by atoms with Crippen molar-refractivity contribution in [3.8, 4) is 11.8 Å². The van der Waals surface area contributed by atoms with Crippen LogP contribution in [0.2, 0.25) is 0 Å². The number of piperidine rings is 2. The fourth-order valence-corrected chi connectivity index (χ4v) is 10.0. The van der Waals surface area contributed by atoms with Crippen LogP contribution in [0.25, 0.3) is 16.3 Å². The number of likely N-dealkylation sites (tertiary alicyclic amines) is 2. The number of carbonyl (C=O) groups is 4. The summed E-state index contributed by atoms with van der Waals surface area (Å²) >= 11 is 0. The third kappa shape index (κ3) is 7.75. The molecular weight excluding hydrogens is 749 g/mol. The minimum absolute atomic E-state index is 0.00125. The standard InChI is InChI=1S/C46H52N6O7/c1-25(2)41(49-45(55)57-3)43(53)51-37-19-32(37)21-39(51)35-16-27(23-47-35)6-5-26-7-8-30-17-31(10-9-29(30)15-26)34-18-36(48-24-34)40-22-33-20-38(33)52(40)44(54)42(50-46(56)58-4)28-11-13-59-14-12-28/h7-10,15,17,23-25,28,32-33,37-42H,11-14,16,18-22H2,1-4H3,(H,49,55)(H,50,56)/t32-,33-,37-,38-,39+,40+,41+,42+/m1/s1. The van der Waals surface area contributed by atoms with Crippen LogP contribution in [0.3, 0.4) is 0 Å². The van der Waals surface area contributed by atoms with Gasteiger partial charge in [-0.25, -0.2) is 9.59 Å². The van der Waals surface area contributed by atoms with Crippen LogP contribution in [0.15, 0.2) is 64.4 Å². The lowest BCUT2D eigenvalue weighted by atomic mass is 9.90. The van der Waals surface area contributed by atoms with Gasteiger partial charge in [0, 0.05) is 73.1 Å². The van der Waals surface area contributed by atoms with Gasteiger partial charge in [-0.2, -0.15) is 0 Å². The first-order chi connectivity index (χ1) is 28.6. The highest BCUT2D eigenvalue weighted by Crippen LogP contribution is 2.51. The van der Waals surface area contributed by atoms with E-state index in [0.29, 0.717) is 50.7 Å². The second-order valence-corrected chi connectivity index (χ2v) is 17.5. The molecule has 5 heterocycles. The van der Waals surface area contributed by atoms with Crippen molar-refractivity contribution in [2.24, 2.45) is 33.7 Å². The van der Waals surface area contributed by atoms with Gasteiger partial charge < -0.3 is 34.6 Å². The molecule has 2 aliphatic carbocycles. The molecule has 9 rings (SSSR count). The number of rotatable bonds is 9. The number of benzene rings is 2. The number of hydrogen-bond acceptors (Lipinski definition) is 9. The smallest absolute Gasteiger partial charge is 0.407 e. The van der Waals surface area contributed by atoms with Crippen molar-refractivity contribution in [1.82, 2.24) is 20.4 Å². The van der Waals surface area contributed by atoms with Crippen molar-refractivity contribution < 1.29 is 33.4 Å². The largest absolute Gasteiger partial charge is 0.453 e. The number of alkyl carbamates (subject to hydrolysis) is 2. The first-order valence-corrected chi connectivity index (χ1v) is 21.1. The summed E-state index contributed by atoms with van der Waals surface area (Å²) in [6, 6.07) is 11.6. The third-order valence-electron chi connectivity index (χ3n) is 13.4. The van der Waals surface area contributed by atoms with Gasteiger partial charge in [-0.05, 0) is 102 Å². The Balaban J connectivity index is 0.827. The molecule has 0 spiro atoms. The molecule has 0 aromatic heterocycles. The van der Waals surface area contributed by atoms with Gasteiger partial charge >= 0.3 is 12.2 Å². The minimum Gasteiger partial charge on any atom is -0.453 e. The Labute approximate surface area is 344 Å². The van der Waals surface area contributed by atoms with Gasteiger partial charge in [0.1, 0.15) is 12.1 Å². The Bertz CT molecular complexity index is 2260. The molecule has 0 unspecified atom stereocenters. The maximum absolute atomic E-state index is 14.2. The summed E-state index contributed by atoms with van der Waals surface area (Å²) in [4.78, 5) is 66.0. The highest BCUT2D eigenvalue weighted by Gasteiger charge is 2.58. The van der Waals surface area contributed by atoms with E-state index in [-0.39, 0.29) is 47.8 Å².